The van der Waals surface area contributed by atoms with E-state index >= 15 is 0 Å². The normalized spacial score (nSPS) is 18.9. The number of anilines is 2. The van der Waals surface area contributed by atoms with Gasteiger partial charge in [-0.15, -0.1) is 0 Å². The second-order valence-electron chi connectivity index (χ2n) is 5.29. The molecule has 1 aromatic rings. The Morgan fingerprint density at radius 1 is 1.42 bits per heavy atom. The van der Waals surface area contributed by atoms with E-state index in [-0.39, 0.29) is 5.91 Å². The molecule has 4 heteroatoms. The van der Waals surface area contributed by atoms with Crippen molar-refractivity contribution in [1.82, 2.24) is 0 Å². The number of nitrogens with zero attached hydrogens (tertiary/aromatic N) is 1. The Hall–Kier alpha value is -1.55. The first-order valence-electron chi connectivity index (χ1n) is 7.02. The monoisotopic (exact) mass is 261 g/mol. The number of benzene rings is 1. The van der Waals surface area contributed by atoms with Crippen molar-refractivity contribution in [2.75, 3.05) is 23.3 Å². The molecule has 0 bridgehead atoms. The Bertz CT molecular complexity index is 472. The summed E-state index contributed by atoms with van der Waals surface area (Å²) >= 11 is 0. The first-order valence-corrected chi connectivity index (χ1v) is 7.02. The molecule has 1 amide bonds. The van der Waals surface area contributed by atoms with Crippen molar-refractivity contribution in [3.63, 3.8) is 0 Å². The van der Waals surface area contributed by atoms with Gasteiger partial charge in [-0.05, 0) is 25.0 Å². The van der Waals surface area contributed by atoms with Gasteiger partial charge < -0.3 is 16.0 Å². The van der Waals surface area contributed by atoms with Gasteiger partial charge in [0.05, 0.1) is 0 Å². The first-order chi connectivity index (χ1) is 9.06. The SMILES string of the molecule is CCC(C)CN(CC)c1ccc2c(c1)NC(=O)C2N. The third-order valence-corrected chi connectivity index (χ3v) is 3.89. The molecule has 1 heterocycles. The highest BCUT2D eigenvalue weighted by Gasteiger charge is 2.27. The Morgan fingerprint density at radius 2 is 2.16 bits per heavy atom. The average Bonchev–Trinajstić information content (AvgIpc) is 2.70. The Labute approximate surface area is 115 Å². The van der Waals surface area contributed by atoms with Gasteiger partial charge >= 0.3 is 0 Å². The predicted octanol–water partition coefficient (Wildman–Crippen LogP) is 2.51. The standard InChI is InChI=1S/C15H23N3O/c1-4-10(3)9-18(5-2)11-6-7-12-13(8-11)17-15(19)14(12)16/h6-8,10,14H,4-5,9,16H2,1-3H3,(H,17,19). The van der Waals surface area contributed by atoms with E-state index < -0.39 is 6.04 Å². The van der Waals surface area contributed by atoms with Gasteiger partial charge in [0.25, 0.3) is 0 Å². The molecule has 1 aliphatic heterocycles. The molecular weight excluding hydrogens is 238 g/mol. The van der Waals surface area contributed by atoms with E-state index in [0.717, 1.165) is 30.0 Å². The zero-order valence-electron chi connectivity index (χ0n) is 11.9. The number of nitrogens with one attached hydrogen (secondary N) is 1. The van der Waals surface area contributed by atoms with Crippen molar-refractivity contribution in [3.8, 4) is 0 Å². The summed E-state index contributed by atoms with van der Waals surface area (Å²) in [5, 5.41) is 2.84. The van der Waals surface area contributed by atoms with Crippen molar-refractivity contribution in [2.45, 2.75) is 33.2 Å². The predicted molar refractivity (Wildman–Crippen MR) is 79.3 cm³/mol. The van der Waals surface area contributed by atoms with Crippen LogP contribution >= 0.6 is 0 Å². The summed E-state index contributed by atoms with van der Waals surface area (Å²) < 4.78 is 0. The highest BCUT2D eigenvalue weighted by atomic mass is 16.2. The van der Waals surface area contributed by atoms with Crippen molar-refractivity contribution < 1.29 is 4.79 Å². The largest absolute Gasteiger partial charge is 0.371 e. The molecule has 104 valence electrons. The molecule has 0 radical (unpaired) electrons. The fraction of sp³-hybridized carbons (Fsp3) is 0.533. The minimum atomic E-state index is -0.520. The molecule has 4 nitrogen and oxygen atoms in total. The van der Waals surface area contributed by atoms with Crippen LogP contribution in [0.2, 0.25) is 0 Å². The Kier molecular flexibility index (Phi) is 4.10. The van der Waals surface area contributed by atoms with E-state index in [1.807, 2.05) is 12.1 Å². The number of fused-ring (bicyclic) bond motifs is 1. The maximum Gasteiger partial charge on any atom is 0.245 e. The number of rotatable bonds is 5. The van der Waals surface area contributed by atoms with Gasteiger partial charge in [-0.3, -0.25) is 4.79 Å². The number of hydrogen-bond donors (Lipinski definition) is 2. The first kappa shape index (κ1) is 13.9. The van der Waals surface area contributed by atoms with Gasteiger partial charge in [0.2, 0.25) is 5.91 Å². The Balaban J connectivity index is 2.22. The van der Waals surface area contributed by atoms with Crippen LogP contribution in [0.4, 0.5) is 11.4 Å². The highest BCUT2D eigenvalue weighted by molar-refractivity contribution is 6.02. The molecule has 2 rings (SSSR count). The fourth-order valence-electron chi connectivity index (χ4n) is 2.39. The number of amides is 1. The van der Waals surface area contributed by atoms with Crippen LogP contribution in [0.1, 0.15) is 38.8 Å². The highest BCUT2D eigenvalue weighted by Crippen LogP contribution is 2.33. The lowest BCUT2D eigenvalue weighted by Crippen LogP contribution is -2.28. The lowest BCUT2D eigenvalue weighted by atomic mass is 10.1. The summed E-state index contributed by atoms with van der Waals surface area (Å²) in [6.07, 6.45) is 1.17. The van der Waals surface area contributed by atoms with E-state index in [4.69, 9.17) is 5.73 Å². The molecule has 1 aliphatic rings. The van der Waals surface area contributed by atoms with Crippen molar-refractivity contribution in [2.24, 2.45) is 11.7 Å². The molecule has 0 saturated heterocycles. The quantitative estimate of drug-likeness (QED) is 0.856. The summed E-state index contributed by atoms with van der Waals surface area (Å²) in [6.45, 7) is 8.61. The summed E-state index contributed by atoms with van der Waals surface area (Å²) in [5.41, 5.74) is 8.73. The Morgan fingerprint density at radius 3 is 2.79 bits per heavy atom. The minimum Gasteiger partial charge on any atom is -0.371 e. The molecule has 1 aromatic carbocycles. The van der Waals surface area contributed by atoms with Crippen LogP contribution in [-0.4, -0.2) is 19.0 Å². The lowest BCUT2D eigenvalue weighted by Gasteiger charge is -2.26. The second-order valence-corrected chi connectivity index (χ2v) is 5.29. The molecule has 2 unspecified atom stereocenters. The van der Waals surface area contributed by atoms with Crippen LogP contribution < -0.4 is 16.0 Å². The van der Waals surface area contributed by atoms with Gasteiger partial charge in [-0.1, -0.05) is 26.3 Å². The maximum atomic E-state index is 11.6. The van der Waals surface area contributed by atoms with Crippen molar-refractivity contribution in [1.29, 1.82) is 0 Å². The van der Waals surface area contributed by atoms with Crippen molar-refractivity contribution >= 4 is 17.3 Å². The van der Waals surface area contributed by atoms with E-state index in [2.05, 4.69) is 37.1 Å². The lowest BCUT2D eigenvalue weighted by molar-refractivity contribution is -0.116. The number of hydrogen-bond acceptors (Lipinski definition) is 3. The molecule has 0 spiro atoms. The van der Waals surface area contributed by atoms with Gasteiger partial charge in [0.15, 0.2) is 0 Å². The van der Waals surface area contributed by atoms with E-state index in [9.17, 15) is 4.79 Å². The molecule has 0 saturated carbocycles. The molecule has 0 aromatic heterocycles. The average molecular weight is 261 g/mol. The third kappa shape index (κ3) is 2.73. The summed E-state index contributed by atoms with van der Waals surface area (Å²) in [4.78, 5) is 13.9. The zero-order valence-corrected chi connectivity index (χ0v) is 11.9. The zero-order chi connectivity index (χ0) is 14.0. The molecule has 0 aliphatic carbocycles. The number of carbonyl (C=O) groups is 1. The van der Waals surface area contributed by atoms with Gasteiger partial charge in [0, 0.05) is 30.0 Å². The summed E-state index contributed by atoms with van der Waals surface area (Å²) in [7, 11) is 0. The van der Waals surface area contributed by atoms with Crippen LogP contribution in [0.5, 0.6) is 0 Å². The maximum absolute atomic E-state index is 11.6. The van der Waals surface area contributed by atoms with E-state index in [0.29, 0.717) is 5.92 Å². The van der Waals surface area contributed by atoms with Gasteiger partial charge in [0.1, 0.15) is 6.04 Å². The van der Waals surface area contributed by atoms with Crippen LogP contribution in [-0.2, 0) is 4.79 Å². The van der Waals surface area contributed by atoms with E-state index in [1.54, 1.807) is 0 Å². The van der Waals surface area contributed by atoms with Crippen LogP contribution in [0, 0.1) is 5.92 Å². The van der Waals surface area contributed by atoms with Gasteiger partial charge in [-0.25, -0.2) is 0 Å². The minimum absolute atomic E-state index is 0.114. The van der Waals surface area contributed by atoms with E-state index in [1.165, 1.54) is 6.42 Å². The second kappa shape index (κ2) is 5.61. The van der Waals surface area contributed by atoms with Crippen LogP contribution in [0.25, 0.3) is 0 Å². The van der Waals surface area contributed by atoms with Crippen LogP contribution in [0.15, 0.2) is 18.2 Å². The molecular formula is C15H23N3O. The summed E-state index contributed by atoms with van der Waals surface area (Å²) in [6, 6.07) is 5.54. The topological polar surface area (TPSA) is 58.4 Å². The molecule has 2 atom stereocenters. The number of carbonyl (C=O) groups excluding carboxylic acids is 1. The summed E-state index contributed by atoms with van der Waals surface area (Å²) in [5.74, 6) is 0.544. The number of nitrogens with two attached hydrogens (primary N) is 1. The van der Waals surface area contributed by atoms with Crippen molar-refractivity contribution in [3.05, 3.63) is 23.8 Å². The fourth-order valence-corrected chi connectivity index (χ4v) is 2.39. The smallest absolute Gasteiger partial charge is 0.245 e. The molecule has 19 heavy (non-hydrogen) atoms. The molecule has 0 fully saturated rings. The van der Waals surface area contributed by atoms with Crippen LogP contribution in [0.3, 0.4) is 0 Å². The molecule has 3 N–H and O–H groups in total. The van der Waals surface area contributed by atoms with Gasteiger partial charge in [-0.2, -0.15) is 0 Å². The third-order valence-electron chi connectivity index (χ3n) is 3.89.